The zero-order chi connectivity index (χ0) is 18.7. The Labute approximate surface area is 154 Å². The lowest BCUT2D eigenvalue weighted by Crippen LogP contribution is -2.33. The van der Waals surface area contributed by atoms with E-state index >= 15 is 0 Å². The number of ether oxygens (including phenoxy) is 1. The number of carbonyl (C=O) groups excluding carboxylic acids is 2. The maximum Gasteiger partial charge on any atom is 0.261 e. The monoisotopic (exact) mass is 352 g/mol. The molecule has 0 radical (unpaired) electrons. The summed E-state index contributed by atoms with van der Waals surface area (Å²) in [5.74, 6) is 0.252. The van der Waals surface area contributed by atoms with E-state index in [9.17, 15) is 9.59 Å². The lowest BCUT2D eigenvalue weighted by atomic mass is 10.0. The van der Waals surface area contributed by atoms with Crippen LogP contribution >= 0.6 is 0 Å². The van der Waals surface area contributed by atoms with E-state index in [1.54, 1.807) is 24.3 Å². The molecule has 1 aliphatic rings. The van der Waals surface area contributed by atoms with Crippen LogP contribution in [0.15, 0.2) is 48.5 Å². The highest BCUT2D eigenvalue weighted by Crippen LogP contribution is 2.26. The summed E-state index contributed by atoms with van der Waals surface area (Å²) in [6, 6.07) is 15.2. The van der Waals surface area contributed by atoms with Gasteiger partial charge in [-0.15, -0.1) is 0 Å². The standard InChI is InChI=1S/C21H24N2O3/c1-4-19(22(2)3)15-8-7-9-16(14-15)26-13-12-23-20(24)17-10-5-6-11-18(17)21(23)25/h5-11,14,19H,4,12-13H2,1-3H3. The Hall–Kier alpha value is -2.66. The Morgan fingerprint density at radius 3 is 2.23 bits per heavy atom. The third-order valence-corrected chi connectivity index (χ3v) is 4.71. The van der Waals surface area contributed by atoms with Crippen molar-refractivity contribution in [2.24, 2.45) is 0 Å². The average Bonchev–Trinajstić information content (AvgIpc) is 2.88. The number of carbonyl (C=O) groups is 2. The van der Waals surface area contributed by atoms with Gasteiger partial charge in [0.15, 0.2) is 0 Å². The van der Waals surface area contributed by atoms with Gasteiger partial charge in [-0.3, -0.25) is 14.5 Å². The molecule has 0 saturated heterocycles. The van der Waals surface area contributed by atoms with E-state index in [2.05, 4.69) is 32.0 Å². The van der Waals surface area contributed by atoms with E-state index in [0.29, 0.717) is 17.2 Å². The van der Waals surface area contributed by atoms with Gasteiger partial charge in [0.25, 0.3) is 11.8 Å². The van der Waals surface area contributed by atoms with Crippen LogP contribution in [0.5, 0.6) is 5.75 Å². The summed E-state index contributed by atoms with van der Waals surface area (Å²) in [6.45, 7) is 2.66. The van der Waals surface area contributed by atoms with Gasteiger partial charge >= 0.3 is 0 Å². The molecule has 5 nitrogen and oxygen atoms in total. The van der Waals surface area contributed by atoms with Crippen molar-refractivity contribution in [2.45, 2.75) is 19.4 Å². The highest BCUT2D eigenvalue weighted by Gasteiger charge is 2.34. The molecule has 26 heavy (non-hydrogen) atoms. The Kier molecular flexibility index (Phi) is 5.38. The largest absolute Gasteiger partial charge is 0.492 e. The molecule has 0 N–H and O–H groups in total. The highest BCUT2D eigenvalue weighted by molar-refractivity contribution is 6.21. The minimum Gasteiger partial charge on any atom is -0.492 e. The number of hydrogen-bond donors (Lipinski definition) is 0. The van der Waals surface area contributed by atoms with Crippen molar-refractivity contribution in [1.29, 1.82) is 0 Å². The van der Waals surface area contributed by atoms with Crippen LogP contribution in [0.1, 0.15) is 45.7 Å². The molecule has 2 aromatic carbocycles. The maximum atomic E-state index is 12.4. The molecular weight excluding hydrogens is 328 g/mol. The molecule has 0 fully saturated rings. The first-order valence-electron chi connectivity index (χ1n) is 8.87. The van der Waals surface area contributed by atoms with Crippen molar-refractivity contribution in [1.82, 2.24) is 9.80 Å². The predicted molar refractivity (Wildman–Crippen MR) is 100 cm³/mol. The summed E-state index contributed by atoms with van der Waals surface area (Å²) in [6.07, 6.45) is 1.01. The topological polar surface area (TPSA) is 49.9 Å². The maximum absolute atomic E-state index is 12.4. The van der Waals surface area contributed by atoms with Crippen molar-refractivity contribution < 1.29 is 14.3 Å². The van der Waals surface area contributed by atoms with E-state index in [4.69, 9.17) is 4.74 Å². The van der Waals surface area contributed by atoms with Gasteiger partial charge in [0.05, 0.1) is 17.7 Å². The van der Waals surface area contributed by atoms with Crippen molar-refractivity contribution in [3.8, 4) is 5.75 Å². The smallest absolute Gasteiger partial charge is 0.261 e. The molecule has 0 bridgehead atoms. The molecule has 0 spiro atoms. The second-order valence-electron chi connectivity index (χ2n) is 6.62. The molecule has 136 valence electrons. The van der Waals surface area contributed by atoms with Crippen LogP contribution in [-0.2, 0) is 0 Å². The van der Waals surface area contributed by atoms with Gasteiger partial charge in [0.2, 0.25) is 0 Å². The Bertz CT molecular complexity index is 781. The van der Waals surface area contributed by atoms with E-state index in [1.807, 2.05) is 18.2 Å². The quantitative estimate of drug-likeness (QED) is 0.717. The average molecular weight is 352 g/mol. The molecule has 5 heteroatoms. The number of rotatable bonds is 7. The minimum atomic E-state index is -0.249. The van der Waals surface area contributed by atoms with Gasteiger partial charge in [0, 0.05) is 6.04 Å². The summed E-state index contributed by atoms with van der Waals surface area (Å²) in [5, 5.41) is 0. The van der Waals surface area contributed by atoms with Crippen LogP contribution in [0.4, 0.5) is 0 Å². The zero-order valence-electron chi connectivity index (χ0n) is 15.4. The molecule has 1 aliphatic heterocycles. The van der Waals surface area contributed by atoms with Crippen LogP contribution in [-0.4, -0.2) is 48.9 Å². The highest BCUT2D eigenvalue weighted by atomic mass is 16.5. The Balaban J connectivity index is 1.63. The fourth-order valence-corrected chi connectivity index (χ4v) is 3.41. The van der Waals surface area contributed by atoms with E-state index in [-0.39, 0.29) is 25.0 Å². The summed E-state index contributed by atoms with van der Waals surface area (Å²) in [4.78, 5) is 28.1. The molecule has 1 atom stereocenters. The van der Waals surface area contributed by atoms with Crippen molar-refractivity contribution in [3.05, 3.63) is 65.2 Å². The first-order valence-corrected chi connectivity index (χ1v) is 8.87. The molecular formula is C21H24N2O3. The molecule has 2 aromatic rings. The molecule has 3 rings (SSSR count). The van der Waals surface area contributed by atoms with Crippen LogP contribution in [0.3, 0.4) is 0 Å². The van der Waals surface area contributed by atoms with Crippen molar-refractivity contribution >= 4 is 11.8 Å². The summed E-state index contributed by atoms with van der Waals surface area (Å²) in [7, 11) is 4.12. The van der Waals surface area contributed by atoms with E-state index < -0.39 is 0 Å². The number of hydrogen-bond acceptors (Lipinski definition) is 4. The van der Waals surface area contributed by atoms with Gasteiger partial charge in [-0.25, -0.2) is 0 Å². The fourth-order valence-electron chi connectivity index (χ4n) is 3.41. The Morgan fingerprint density at radius 2 is 1.65 bits per heavy atom. The van der Waals surface area contributed by atoms with Crippen molar-refractivity contribution in [3.63, 3.8) is 0 Å². The van der Waals surface area contributed by atoms with Gasteiger partial charge in [0.1, 0.15) is 12.4 Å². The first kappa shape index (κ1) is 18.1. The lowest BCUT2D eigenvalue weighted by Gasteiger charge is -2.23. The number of imide groups is 1. The van der Waals surface area contributed by atoms with Crippen LogP contribution < -0.4 is 4.74 Å². The lowest BCUT2D eigenvalue weighted by molar-refractivity contribution is 0.0631. The zero-order valence-corrected chi connectivity index (χ0v) is 15.4. The molecule has 0 aromatic heterocycles. The van der Waals surface area contributed by atoms with Gasteiger partial charge in [-0.05, 0) is 50.3 Å². The fraction of sp³-hybridized carbons (Fsp3) is 0.333. The number of nitrogens with zero attached hydrogens (tertiary/aromatic N) is 2. The second-order valence-corrected chi connectivity index (χ2v) is 6.62. The summed E-state index contributed by atoms with van der Waals surface area (Å²) in [5.41, 5.74) is 2.13. The number of benzene rings is 2. The van der Waals surface area contributed by atoms with Crippen LogP contribution in [0.2, 0.25) is 0 Å². The molecule has 0 saturated carbocycles. The van der Waals surface area contributed by atoms with Crippen molar-refractivity contribution in [2.75, 3.05) is 27.2 Å². The molecule has 2 amide bonds. The van der Waals surface area contributed by atoms with E-state index in [1.165, 1.54) is 10.5 Å². The predicted octanol–water partition coefficient (Wildman–Crippen LogP) is 3.37. The molecule has 1 heterocycles. The van der Waals surface area contributed by atoms with E-state index in [0.717, 1.165) is 12.2 Å². The first-order chi connectivity index (χ1) is 12.5. The van der Waals surface area contributed by atoms with Gasteiger partial charge in [-0.2, -0.15) is 0 Å². The molecule has 0 aliphatic carbocycles. The normalized spacial score (nSPS) is 14.7. The molecule has 1 unspecified atom stereocenters. The SMILES string of the molecule is CCC(c1cccc(OCCN2C(=O)c3ccccc3C2=O)c1)N(C)C. The van der Waals surface area contributed by atoms with Gasteiger partial charge < -0.3 is 9.64 Å². The third kappa shape index (κ3) is 3.48. The minimum absolute atomic E-state index is 0.238. The summed E-state index contributed by atoms with van der Waals surface area (Å²) >= 11 is 0. The third-order valence-electron chi connectivity index (χ3n) is 4.71. The summed E-state index contributed by atoms with van der Waals surface area (Å²) < 4.78 is 5.81. The Morgan fingerprint density at radius 1 is 1.00 bits per heavy atom. The van der Waals surface area contributed by atoms with Gasteiger partial charge in [-0.1, -0.05) is 31.2 Å². The van der Waals surface area contributed by atoms with Crippen LogP contribution in [0.25, 0.3) is 0 Å². The second kappa shape index (κ2) is 7.70. The number of fused-ring (bicyclic) bond motifs is 1. The van der Waals surface area contributed by atoms with Crippen LogP contribution in [0, 0.1) is 0 Å². The number of amides is 2.